The van der Waals surface area contributed by atoms with Gasteiger partial charge >= 0.3 is 0 Å². The molecule has 0 unspecified atom stereocenters. The van der Waals surface area contributed by atoms with Gasteiger partial charge in [0.25, 0.3) is 0 Å². The molecule has 0 aliphatic carbocycles. The van der Waals surface area contributed by atoms with Gasteiger partial charge in [-0.05, 0) is 57.7 Å². The minimum Gasteiger partial charge on any atom is -0.494 e. The summed E-state index contributed by atoms with van der Waals surface area (Å²) >= 11 is 1.65. The largest absolute Gasteiger partial charge is 0.494 e. The van der Waals surface area contributed by atoms with E-state index in [-0.39, 0.29) is 0 Å². The zero-order valence-electron chi connectivity index (χ0n) is 11.5. The molecule has 0 atom stereocenters. The Bertz CT molecular complexity index is 465. The van der Waals surface area contributed by atoms with Crippen LogP contribution >= 0.6 is 11.3 Å². The lowest BCUT2D eigenvalue weighted by Gasteiger charge is -2.10. The predicted molar refractivity (Wildman–Crippen MR) is 80.8 cm³/mol. The fourth-order valence-electron chi connectivity index (χ4n) is 1.78. The molecule has 0 N–H and O–H groups in total. The summed E-state index contributed by atoms with van der Waals surface area (Å²) in [5.41, 5.74) is 1.15. The second kappa shape index (κ2) is 7.26. The van der Waals surface area contributed by atoms with E-state index in [9.17, 15) is 0 Å². The number of benzene rings is 1. The Labute approximate surface area is 118 Å². The molecule has 0 fully saturated rings. The molecule has 1 heterocycles. The first-order chi connectivity index (χ1) is 9.25. The summed E-state index contributed by atoms with van der Waals surface area (Å²) in [7, 11) is 4.19. The molecule has 0 saturated carbocycles. The Morgan fingerprint density at radius 2 is 1.95 bits per heavy atom. The molecular formula is C15H20N2OS. The van der Waals surface area contributed by atoms with Crippen LogP contribution in [0.4, 0.5) is 0 Å². The van der Waals surface area contributed by atoms with Crippen LogP contribution in [0.25, 0.3) is 10.6 Å². The highest BCUT2D eigenvalue weighted by molar-refractivity contribution is 7.13. The summed E-state index contributed by atoms with van der Waals surface area (Å²) in [5, 5.41) is 3.04. The summed E-state index contributed by atoms with van der Waals surface area (Å²) in [6, 6.07) is 8.16. The lowest BCUT2D eigenvalue weighted by molar-refractivity contribution is 0.293. The van der Waals surface area contributed by atoms with Crippen LogP contribution in [-0.2, 0) is 0 Å². The first kappa shape index (κ1) is 14.0. The average molecular weight is 276 g/mol. The van der Waals surface area contributed by atoms with E-state index in [2.05, 4.69) is 36.1 Å². The molecule has 1 aromatic heterocycles. The van der Waals surface area contributed by atoms with Crippen LogP contribution in [0.2, 0.25) is 0 Å². The van der Waals surface area contributed by atoms with Crippen LogP contribution in [-0.4, -0.2) is 37.1 Å². The maximum absolute atomic E-state index is 5.72. The van der Waals surface area contributed by atoms with Gasteiger partial charge in [0.15, 0.2) is 0 Å². The smallest absolute Gasteiger partial charge is 0.123 e. The minimum absolute atomic E-state index is 0.782. The fourth-order valence-corrected chi connectivity index (χ4v) is 2.42. The molecule has 2 rings (SSSR count). The monoisotopic (exact) mass is 276 g/mol. The third kappa shape index (κ3) is 4.65. The summed E-state index contributed by atoms with van der Waals surface area (Å²) < 4.78 is 5.72. The third-order valence-electron chi connectivity index (χ3n) is 2.80. The van der Waals surface area contributed by atoms with E-state index in [0.717, 1.165) is 35.9 Å². The second-order valence-electron chi connectivity index (χ2n) is 4.72. The Morgan fingerprint density at radius 1 is 1.16 bits per heavy atom. The molecule has 1 aromatic carbocycles. The molecule has 0 aliphatic heterocycles. The van der Waals surface area contributed by atoms with Crippen molar-refractivity contribution in [1.29, 1.82) is 0 Å². The Balaban J connectivity index is 1.76. The highest BCUT2D eigenvalue weighted by atomic mass is 32.1. The lowest BCUT2D eigenvalue weighted by Crippen LogP contribution is -2.13. The van der Waals surface area contributed by atoms with Crippen molar-refractivity contribution >= 4 is 11.3 Å². The number of nitrogens with zero attached hydrogens (tertiary/aromatic N) is 2. The Kier molecular flexibility index (Phi) is 5.36. The van der Waals surface area contributed by atoms with Gasteiger partial charge in [-0.2, -0.15) is 0 Å². The summed E-state index contributed by atoms with van der Waals surface area (Å²) in [5.74, 6) is 0.935. The predicted octanol–water partition coefficient (Wildman–Crippen LogP) is 3.53. The number of aromatic nitrogens is 1. The number of ether oxygens (including phenoxy) is 1. The lowest BCUT2D eigenvalue weighted by atomic mass is 10.2. The quantitative estimate of drug-likeness (QED) is 0.723. The summed E-state index contributed by atoms with van der Waals surface area (Å²) in [4.78, 5) is 6.49. The molecule has 2 aromatic rings. The topological polar surface area (TPSA) is 25.4 Å². The van der Waals surface area contributed by atoms with E-state index >= 15 is 0 Å². The van der Waals surface area contributed by atoms with Crippen molar-refractivity contribution in [3.63, 3.8) is 0 Å². The molecule has 0 saturated heterocycles. The molecule has 0 spiro atoms. The third-order valence-corrected chi connectivity index (χ3v) is 3.62. The van der Waals surface area contributed by atoms with E-state index in [1.807, 2.05) is 23.7 Å². The zero-order chi connectivity index (χ0) is 13.5. The average Bonchev–Trinajstić information content (AvgIpc) is 2.93. The zero-order valence-corrected chi connectivity index (χ0v) is 12.3. The number of rotatable bonds is 7. The molecule has 3 nitrogen and oxygen atoms in total. The number of unbranched alkanes of at least 4 members (excludes halogenated alkanes) is 1. The summed E-state index contributed by atoms with van der Waals surface area (Å²) in [6.07, 6.45) is 4.09. The molecule has 0 bridgehead atoms. The number of hydrogen-bond donors (Lipinski definition) is 0. The van der Waals surface area contributed by atoms with Crippen molar-refractivity contribution in [3.8, 4) is 16.3 Å². The van der Waals surface area contributed by atoms with E-state index in [1.165, 1.54) is 6.42 Å². The van der Waals surface area contributed by atoms with Crippen LogP contribution in [0.5, 0.6) is 5.75 Å². The van der Waals surface area contributed by atoms with E-state index in [0.29, 0.717) is 0 Å². The maximum atomic E-state index is 5.72. The van der Waals surface area contributed by atoms with Gasteiger partial charge in [0.05, 0.1) is 6.61 Å². The van der Waals surface area contributed by atoms with Crippen LogP contribution in [0.1, 0.15) is 12.8 Å². The van der Waals surface area contributed by atoms with Crippen LogP contribution in [0.3, 0.4) is 0 Å². The van der Waals surface area contributed by atoms with Gasteiger partial charge in [-0.1, -0.05) is 0 Å². The van der Waals surface area contributed by atoms with E-state index in [1.54, 1.807) is 11.3 Å². The van der Waals surface area contributed by atoms with Gasteiger partial charge in [-0.3, -0.25) is 0 Å². The highest BCUT2D eigenvalue weighted by Gasteiger charge is 2.00. The standard InChI is InChI=1S/C15H20N2OS/c1-17(2)10-3-4-11-18-14-7-5-13(6-8-14)15-16-9-12-19-15/h5-9,12H,3-4,10-11H2,1-2H3. The number of thiazole rings is 1. The first-order valence-electron chi connectivity index (χ1n) is 6.53. The molecule has 0 aliphatic rings. The summed E-state index contributed by atoms with van der Waals surface area (Å²) in [6.45, 7) is 1.90. The SMILES string of the molecule is CN(C)CCCCOc1ccc(-c2nccs2)cc1. The van der Waals surface area contributed by atoms with E-state index < -0.39 is 0 Å². The van der Waals surface area contributed by atoms with Crippen LogP contribution < -0.4 is 4.74 Å². The maximum Gasteiger partial charge on any atom is 0.123 e. The van der Waals surface area contributed by atoms with Crippen molar-refractivity contribution in [2.45, 2.75) is 12.8 Å². The van der Waals surface area contributed by atoms with Crippen LogP contribution in [0.15, 0.2) is 35.8 Å². The molecule has 0 amide bonds. The van der Waals surface area contributed by atoms with Gasteiger partial charge in [0, 0.05) is 17.1 Å². The molecule has 4 heteroatoms. The molecule has 102 valence electrons. The van der Waals surface area contributed by atoms with Gasteiger partial charge in [-0.15, -0.1) is 11.3 Å². The Hall–Kier alpha value is -1.39. The fraction of sp³-hybridized carbons (Fsp3) is 0.400. The highest BCUT2D eigenvalue weighted by Crippen LogP contribution is 2.24. The van der Waals surface area contributed by atoms with Gasteiger partial charge in [-0.25, -0.2) is 4.98 Å². The van der Waals surface area contributed by atoms with Gasteiger partial charge < -0.3 is 9.64 Å². The second-order valence-corrected chi connectivity index (χ2v) is 5.62. The van der Waals surface area contributed by atoms with Gasteiger partial charge in [0.2, 0.25) is 0 Å². The normalized spacial score (nSPS) is 10.9. The van der Waals surface area contributed by atoms with Crippen molar-refractivity contribution in [2.75, 3.05) is 27.2 Å². The van der Waals surface area contributed by atoms with Crippen molar-refractivity contribution < 1.29 is 4.74 Å². The van der Waals surface area contributed by atoms with Crippen molar-refractivity contribution in [1.82, 2.24) is 9.88 Å². The Morgan fingerprint density at radius 3 is 2.58 bits per heavy atom. The van der Waals surface area contributed by atoms with Crippen LogP contribution in [0, 0.1) is 0 Å². The van der Waals surface area contributed by atoms with Crippen molar-refractivity contribution in [2.24, 2.45) is 0 Å². The first-order valence-corrected chi connectivity index (χ1v) is 7.41. The molecule has 0 radical (unpaired) electrons. The van der Waals surface area contributed by atoms with Gasteiger partial charge in [0.1, 0.15) is 10.8 Å². The molecule has 19 heavy (non-hydrogen) atoms. The number of hydrogen-bond acceptors (Lipinski definition) is 4. The minimum atomic E-state index is 0.782. The van der Waals surface area contributed by atoms with E-state index in [4.69, 9.17) is 4.74 Å². The van der Waals surface area contributed by atoms with Crippen molar-refractivity contribution in [3.05, 3.63) is 35.8 Å². The molecular weight excluding hydrogens is 256 g/mol.